The van der Waals surface area contributed by atoms with Crippen molar-refractivity contribution in [3.05, 3.63) is 53.7 Å². The normalized spacial score (nSPS) is 11.3. The fourth-order valence-electron chi connectivity index (χ4n) is 1.33. The van der Waals surface area contributed by atoms with Gasteiger partial charge in [-0.1, -0.05) is 17.3 Å². The Morgan fingerprint density at radius 1 is 1.32 bits per heavy atom. The third-order valence-electron chi connectivity index (χ3n) is 2.28. The summed E-state index contributed by atoms with van der Waals surface area (Å²) in [5, 5.41) is 11.4. The molecular formula is C12H11FN4O2. The molecule has 0 aliphatic rings. The maximum absolute atomic E-state index is 12.7. The fourth-order valence-corrected chi connectivity index (χ4v) is 1.33. The Kier molecular flexibility index (Phi) is 3.87. The molecule has 2 rings (SSSR count). The summed E-state index contributed by atoms with van der Waals surface area (Å²) in [6.07, 6.45) is 2.75. The zero-order valence-electron chi connectivity index (χ0n) is 9.82. The minimum Gasteiger partial charge on any atom is -0.472 e. The second-order valence-corrected chi connectivity index (χ2v) is 3.64. The molecule has 3 N–H and O–H groups in total. The second-order valence-electron chi connectivity index (χ2n) is 3.64. The molecule has 0 fully saturated rings. The molecule has 0 amide bonds. The van der Waals surface area contributed by atoms with Crippen LogP contribution >= 0.6 is 0 Å². The van der Waals surface area contributed by atoms with E-state index in [4.69, 9.17) is 15.7 Å². The van der Waals surface area contributed by atoms with Gasteiger partial charge in [0.2, 0.25) is 5.88 Å². The molecule has 7 heteroatoms. The van der Waals surface area contributed by atoms with Gasteiger partial charge in [0.1, 0.15) is 18.1 Å². The van der Waals surface area contributed by atoms with Crippen molar-refractivity contribution in [2.24, 2.45) is 10.9 Å². The van der Waals surface area contributed by atoms with E-state index >= 15 is 0 Å². The first kappa shape index (κ1) is 12.7. The van der Waals surface area contributed by atoms with Crippen molar-refractivity contribution in [3.63, 3.8) is 0 Å². The summed E-state index contributed by atoms with van der Waals surface area (Å²) in [7, 11) is 0. The summed E-state index contributed by atoms with van der Waals surface area (Å²) in [4.78, 5) is 7.86. The standard InChI is InChI=1S/C12H11FN4O2/c13-9-3-1-8(2-4-9)7-19-11-6-15-5-10(16-11)12(14)17-18/h1-6,18H,7H2,(H2,14,17). The number of oxime groups is 1. The monoisotopic (exact) mass is 262 g/mol. The molecule has 0 spiro atoms. The molecule has 2 aromatic rings. The van der Waals surface area contributed by atoms with Crippen molar-refractivity contribution in [2.45, 2.75) is 6.61 Å². The number of amidine groups is 1. The molecule has 0 bridgehead atoms. The summed E-state index contributed by atoms with van der Waals surface area (Å²) < 4.78 is 18.1. The number of nitrogens with zero attached hydrogens (tertiary/aromatic N) is 3. The molecule has 1 aromatic carbocycles. The molecule has 0 saturated carbocycles. The van der Waals surface area contributed by atoms with E-state index < -0.39 is 0 Å². The fraction of sp³-hybridized carbons (Fsp3) is 0.0833. The van der Waals surface area contributed by atoms with E-state index in [2.05, 4.69) is 15.1 Å². The maximum atomic E-state index is 12.7. The molecule has 0 aliphatic heterocycles. The predicted molar refractivity (Wildman–Crippen MR) is 65.3 cm³/mol. The highest BCUT2D eigenvalue weighted by atomic mass is 19.1. The number of rotatable bonds is 4. The molecule has 0 saturated heterocycles. The highest BCUT2D eigenvalue weighted by molar-refractivity contribution is 5.94. The summed E-state index contributed by atoms with van der Waals surface area (Å²) in [6, 6.07) is 5.90. The van der Waals surface area contributed by atoms with Crippen LogP contribution in [0.4, 0.5) is 4.39 Å². The van der Waals surface area contributed by atoms with Crippen LogP contribution in [0.2, 0.25) is 0 Å². The van der Waals surface area contributed by atoms with Crippen LogP contribution in [-0.2, 0) is 6.61 Å². The van der Waals surface area contributed by atoms with Crippen LogP contribution in [0, 0.1) is 5.82 Å². The Morgan fingerprint density at radius 3 is 2.74 bits per heavy atom. The molecule has 1 aromatic heterocycles. The first-order chi connectivity index (χ1) is 9.19. The average Bonchev–Trinajstić information content (AvgIpc) is 2.46. The number of ether oxygens (including phenoxy) is 1. The van der Waals surface area contributed by atoms with Crippen molar-refractivity contribution in [2.75, 3.05) is 0 Å². The van der Waals surface area contributed by atoms with Gasteiger partial charge in [-0.05, 0) is 17.7 Å². The van der Waals surface area contributed by atoms with E-state index in [0.29, 0.717) is 0 Å². The number of hydrogen-bond donors (Lipinski definition) is 2. The average molecular weight is 262 g/mol. The van der Waals surface area contributed by atoms with Crippen molar-refractivity contribution in [1.82, 2.24) is 9.97 Å². The smallest absolute Gasteiger partial charge is 0.233 e. The van der Waals surface area contributed by atoms with E-state index in [1.807, 2.05) is 0 Å². The van der Waals surface area contributed by atoms with Crippen LogP contribution in [0.1, 0.15) is 11.3 Å². The highest BCUT2D eigenvalue weighted by Gasteiger charge is 2.04. The Balaban J connectivity index is 2.05. The van der Waals surface area contributed by atoms with Crippen LogP contribution < -0.4 is 10.5 Å². The summed E-state index contributed by atoms with van der Waals surface area (Å²) in [5.74, 6) is -0.231. The lowest BCUT2D eigenvalue weighted by atomic mass is 10.2. The lowest BCUT2D eigenvalue weighted by Crippen LogP contribution is -2.15. The van der Waals surface area contributed by atoms with Crippen molar-refractivity contribution < 1.29 is 14.3 Å². The number of halogens is 1. The van der Waals surface area contributed by atoms with Gasteiger partial charge in [-0.25, -0.2) is 9.37 Å². The number of aromatic nitrogens is 2. The molecule has 0 aliphatic carbocycles. The van der Waals surface area contributed by atoms with E-state index in [-0.39, 0.29) is 29.8 Å². The summed E-state index contributed by atoms with van der Waals surface area (Å²) in [6.45, 7) is 0.217. The summed E-state index contributed by atoms with van der Waals surface area (Å²) in [5.41, 5.74) is 6.38. The molecule has 98 valence electrons. The number of hydrogen-bond acceptors (Lipinski definition) is 5. The van der Waals surface area contributed by atoms with Gasteiger partial charge in [0.05, 0.1) is 12.4 Å². The van der Waals surface area contributed by atoms with Gasteiger partial charge in [-0.15, -0.1) is 0 Å². The number of nitrogens with two attached hydrogens (primary N) is 1. The first-order valence-corrected chi connectivity index (χ1v) is 5.36. The van der Waals surface area contributed by atoms with Gasteiger partial charge in [0, 0.05) is 0 Å². The predicted octanol–water partition coefficient (Wildman–Crippen LogP) is 1.29. The van der Waals surface area contributed by atoms with Crippen LogP contribution in [0.5, 0.6) is 5.88 Å². The Bertz CT molecular complexity index is 587. The van der Waals surface area contributed by atoms with Crippen LogP contribution in [0.3, 0.4) is 0 Å². The lowest BCUT2D eigenvalue weighted by Gasteiger charge is -2.06. The third-order valence-corrected chi connectivity index (χ3v) is 2.28. The molecule has 0 radical (unpaired) electrons. The van der Waals surface area contributed by atoms with Crippen molar-refractivity contribution in [3.8, 4) is 5.88 Å². The summed E-state index contributed by atoms with van der Waals surface area (Å²) >= 11 is 0. The van der Waals surface area contributed by atoms with Gasteiger partial charge < -0.3 is 15.7 Å². The van der Waals surface area contributed by atoms with Crippen LogP contribution in [0.15, 0.2) is 41.8 Å². The van der Waals surface area contributed by atoms with Gasteiger partial charge >= 0.3 is 0 Å². The molecule has 1 heterocycles. The minimum atomic E-state index is -0.308. The Hall–Kier alpha value is -2.70. The molecular weight excluding hydrogens is 251 g/mol. The van der Waals surface area contributed by atoms with E-state index in [1.165, 1.54) is 24.5 Å². The second kappa shape index (κ2) is 5.76. The van der Waals surface area contributed by atoms with E-state index in [9.17, 15) is 4.39 Å². The van der Waals surface area contributed by atoms with Crippen molar-refractivity contribution in [1.29, 1.82) is 0 Å². The zero-order chi connectivity index (χ0) is 13.7. The zero-order valence-corrected chi connectivity index (χ0v) is 9.82. The molecule has 19 heavy (non-hydrogen) atoms. The van der Waals surface area contributed by atoms with E-state index in [1.54, 1.807) is 12.1 Å². The largest absolute Gasteiger partial charge is 0.472 e. The van der Waals surface area contributed by atoms with Crippen LogP contribution in [-0.4, -0.2) is 21.0 Å². The first-order valence-electron chi connectivity index (χ1n) is 5.36. The lowest BCUT2D eigenvalue weighted by molar-refractivity contribution is 0.292. The van der Waals surface area contributed by atoms with Gasteiger partial charge in [0.15, 0.2) is 5.84 Å². The topological polar surface area (TPSA) is 93.6 Å². The van der Waals surface area contributed by atoms with Crippen molar-refractivity contribution >= 4 is 5.84 Å². The van der Waals surface area contributed by atoms with Gasteiger partial charge in [0.25, 0.3) is 0 Å². The third kappa shape index (κ3) is 3.38. The Labute approximate surface area is 108 Å². The molecule has 0 unspecified atom stereocenters. The van der Waals surface area contributed by atoms with Gasteiger partial charge in [-0.3, -0.25) is 4.98 Å². The Morgan fingerprint density at radius 2 is 2.05 bits per heavy atom. The SMILES string of the molecule is N/C(=N\O)c1cncc(OCc2ccc(F)cc2)n1. The van der Waals surface area contributed by atoms with Crippen LogP contribution in [0.25, 0.3) is 0 Å². The molecule has 6 nitrogen and oxygen atoms in total. The minimum absolute atomic E-state index is 0.153. The molecule has 0 atom stereocenters. The number of benzene rings is 1. The maximum Gasteiger partial charge on any atom is 0.233 e. The highest BCUT2D eigenvalue weighted by Crippen LogP contribution is 2.09. The quantitative estimate of drug-likeness (QED) is 0.375. The van der Waals surface area contributed by atoms with Gasteiger partial charge in [-0.2, -0.15) is 0 Å². The van der Waals surface area contributed by atoms with E-state index in [0.717, 1.165) is 5.56 Å².